The summed E-state index contributed by atoms with van der Waals surface area (Å²) in [7, 11) is 0. The summed E-state index contributed by atoms with van der Waals surface area (Å²) in [5.74, 6) is -1.26. The smallest absolute Gasteiger partial charge is 0.339 e. The second kappa shape index (κ2) is 5.62. The number of cyclic esters (lactones) is 1. The van der Waals surface area contributed by atoms with E-state index in [2.05, 4.69) is 0 Å². The Bertz CT molecular complexity index is 1090. The molecule has 3 aliphatic carbocycles. The zero-order valence-electron chi connectivity index (χ0n) is 18.7. The molecular weight excluding hydrogens is 412 g/mol. The van der Waals surface area contributed by atoms with Gasteiger partial charge in [-0.25, -0.2) is 4.79 Å². The monoisotopic (exact) mass is 440 g/mol. The van der Waals surface area contributed by atoms with Crippen LogP contribution < -0.4 is 0 Å². The summed E-state index contributed by atoms with van der Waals surface area (Å²) in [5.41, 5.74) is -4.65. The number of carbonyl (C=O) groups excluding carboxylic acids is 3. The molecule has 2 saturated heterocycles. The van der Waals surface area contributed by atoms with Gasteiger partial charge in [-0.3, -0.25) is 9.59 Å². The van der Waals surface area contributed by atoms with E-state index in [0.717, 1.165) is 5.56 Å². The maximum absolute atomic E-state index is 14.0. The summed E-state index contributed by atoms with van der Waals surface area (Å²) >= 11 is 0. The molecule has 4 fully saturated rings. The van der Waals surface area contributed by atoms with Crippen molar-refractivity contribution in [3.63, 3.8) is 0 Å². The minimum absolute atomic E-state index is 0.147. The van der Waals surface area contributed by atoms with Gasteiger partial charge in [0.2, 0.25) is 0 Å². The van der Waals surface area contributed by atoms with Gasteiger partial charge in [-0.1, -0.05) is 13.0 Å². The SMILES string of the molecule is CC1(C)C(=O)C=C[C@]2(C)[C@@H]3CC[C@H]4[C@H](c5ccoc5)OC(=O)[C@H]5O[C@]54[C@]3(C)C(=O)C[C@]12O. The van der Waals surface area contributed by atoms with E-state index in [1.165, 1.54) is 0 Å². The maximum Gasteiger partial charge on any atom is 0.339 e. The summed E-state index contributed by atoms with van der Waals surface area (Å²) in [6.07, 6.45) is 6.30. The normalized spacial score (nSPS) is 50.6. The van der Waals surface area contributed by atoms with Gasteiger partial charge in [0.25, 0.3) is 0 Å². The van der Waals surface area contributed by atoms with Crippen LogP contribution in [0.15, 0.2) is 35.2 Å². The van der Waals surface area contributed by atoms with Gasteiger partial charge in [-0.05, 0) is 51.7 Å². The number of ketones is 2. The lowest BCUT2D eigenvalue weighted by Crippen LogP contribution is -2.75. The highest BCUT2D eigenvalue weighted by molar-refractivity contribution is 6.00. The molecule has 5 aliphatic rings. The van der Waals surface area contributed by atoms with Gasteiger partial charge in [-0.2, -0.15) is 0 Å². The minimum Gasteiger partial charge on any atom is -0.472 e. The molecule has 1 aromatic rings. The van der Waals surface area contributed by atoms with E-state index in [0.29, 0.717) is 12.8 Å². The van der Waals surface area contributed by atoms with E-state index in [-0.39, 0.29) is 29.8 Å². The van der Waals surface area contributed by atoms with E-state index >= 15 is 0 Å². The molecule has 1 spiro atoms. The first-order valence-corrected chi connectivity index (χ1v) is 11.3. The Hall–Kier alpha value is -2.25. The zero-order valence-corrected chi connectivity index (χ0v) is 18.7. The number of esters is 1. The third-order valence-electron chi connectivity index (χ3n) is 10.0. The third-order valence-corrected chi connectivity index (χ3v) is 10.0. The molecule has 0 bridgehead atoms. The van der Waals surface area contributed by atoms with Crippen molar-refractivity contribution in [3.8, 4) is 0 Å². The molecule has 170 valence electrons. The topological polar surface area (TPSA) is 106 Å². The molecule has 0 amide bonds. The average molecular weight is 440 g/mol. The number of allylic oxidation sites excluding steroid dienone is 1. The largest absolute Gasteiger partial charge is 0.472 e. The average Bonchev–Trinajstić information content (AvgIpc) is 3.27. The molecule has 1 aromatic heterocycles. The first-order valence-electron chi connectivity index (χ1n) is 11.3. The van der Waals surface area contributed by atoms with E-state index in [4.69, 9.17) is 13.9 Å². The van der Waals surface area contributed by atoms with Crippen molar-refractivity contribution in [2.24, 2.45) is 28.1 Å². The summed E-state index contributed by atoms with van der Waals surface area (Å²) in [6, 6.07) is 1.78. The van der Waals surface area contributed by atoms with Crippen LogP contribution in [0.1, 0.15) is 58.6 Å². The Labute approximate surface area is 186 Å². The number of fused-ring (bicyclic) bond motifs is 3. The van der Waals surface area contributed by atoms with Gasteiger partial charge in [0.05, 0.1) is 29.0 Å². The van der Waals surface area contributed by atoms with Gasteiger partial charge in [0.1, 0.15) is 17.5 Å². The molecule has 32 heavy (non-hydrogen) atoms. The van der Waals surface area contributed by atoms with Crippen molar-refractivity contribution < 1.29 is 33.4 Å². The van der Waals surface area contributed by atoms with E-state index < -0.39 is 45.6 Å². The summed E-state index contributed by atoms with van der Waals surface area (Å²) in [6.45, 7) is 7.30. The quantitative estimate of drug-likeness (QED) is 0.529. The Balaban J connectivity index is 1.52. The highest BCUT2D eigenvalue weighted by Gasteiger charge is 2.86. The molecule has 7 nitrogen and oxygen atoms in total. The number of hydrogen-bond donors (Lipinski definition) is 1. The second-order valence-corrected chi connectivity index (χ2v) is 11.2. The molecule has 7 heteroatoms. The highest BCUT2D eigenvalue weighted by atomic mass is 16.7. The van der Waals surface area contributed by atoms with Crippen LogP contribution >= 0.6 is 0 Å². The van der Waals surface area contributed by atoms with E-state index in [1.807, 2.05) is 13.8 Å². The van der Waals surface area contributed by atoms with Crippen molar-refractivity contribution in [1.82, 2.24) is 0 Å². The molecule has 0 radical (unpaired) electrons. The molecule has 0 unspecified atom stereocenters. The van der Waals surface area contributed by atoms with Gasteiger partial charge in [0, 0.05) is 23.3 Å². The summed E-state index contributed by atoms with van der Waals surface area (Å²) in [4.78, 5) is 39.6. The lowest BCUT2D eigenvalue weighted by atomic mass is 9.37. The number of hydrogen-bond acceptors (Lipinski definition) is 7. The molecule has 0 aromatic carbocycles. The van der Waals surface area contributed by atoms with Crippen LogP contribution in [-0.4, -0.2) is 39.9 Å². The van der Waals surface area contributed by atoms with Crippen molar-refractivity contribution >= 4 is 17.5 Å². The summed E-state index contributed by atoms with van der Waals surface area (Å²) in [5, 5.41) is 12.0. The Morgan fingerprint density at radius 1 is 1.09 bits per heavy atom. The van der Waals surface area contributed by atoms with Crippen molar-refractivity contribution in [2.45, 2.75) is 70.4 Å². The highest BCUT2D eigenvalue weighted by Crippen LogP contribution is 2.75. The van der Waals surface area contributed by atoms with Gasteiger partial charge >= 0.3 is 5.97 Å². The fraction of sp³-hybridized carbons (Fsp3) is 0.640. The van der Waals surface area contributed by atoms with Crippen molar-refractivity contribution in [3.05, 3.63) is 36.3 Å². The molecule has 2 saturated carbocycles. The van der Waals surface area contributed by atoms with E-state index in [1.54, 1.807) is 44.6 Å². The maximum atomic E-state index is 14.0. The lowest BCUT2D eigenvalue weighted by molar-refractivity contribution is -0.232. The first-order chi connectivity index (χ1) is 14.9. The molecule has 1 N–H and O–H groups in total. The van der Waals surface area contributed by atoms with Crippen LogP contribution in [0, 0.1) is 28.1 Å². The lowest BCUT2D eigenvalue weighted by Gasteiger charge is -2.66. The molecule has 6 rings (SSSR count). The van der Waals surface area contributed by atoms with Crippen LogP contribution in [0.5, 0.6) is 0 Å². The van der Waals surface area contributed by atoms with Crippen LogP contribution in [0.4, 0.5) is 0 Å². The minimum atomic E-state index is -1.51. The first kappa shape index (κ1) is 20.4. The van der Waals surface area contributed by atoms with Crippen LogP contribution in [-0.2, 0) is 23.9 Å². The van der Waals surface area contributed by atoms with Gasteiger partial charge in [0.15, 0.2) is 11.9 Å². The van der Waals surface area contributed by atoms with Crippen LogP contribution in [0.2, 0.25) is 0 Å². The van der Waals surface area contributed by atoms with Gasteiger partial charge in [-0.15, -0.1) is 0 Å². The third kappa shape index (κ3) is 1.88. The number of Topliss-reactive ketones (excluding diaryl/α,β-unsaturated/α-hetero) is 1. The van der Waals surface area contributed by atoms with Crippen molar-refractivity contribution in [1.29, 1.82) is 0 Å². The second-order valence-electron chi connectivity index (χ2n) is 11.2. The number of aliphatic hydroxyl groups is 1. The predicted molar refractivity (Wildman–Crippen MR) is 110 cm³/mol. The molecule has 2 aliphatic heterocycles. The summed E-state index contributed by atoms with van der Waals surface area (Å²) < 4.78 is 17.2. The molecular formula is C25H28O7. The van der Waals surface area contributed by atoms with Crippen LogP contribution in [0.25, 0.3) is 0 Å². The Morgan fingerprint density at radius 2 is 1.84 bits per heavy atom. The molecule has 3 heterocycles. The fourth-order valence-corrected chi connectivity index (χ4v) is 7.97. The fourth-order valence-electron chi connectivity index (χ4n) is 7.97. The van der Waals surface area contributed by atoms with Crippen LogP contribution in [0.3, 0.4) is 0 Å². The van der Waals surface area contributed by atoms with Crippen molar-refractivity contribution in [2.75, 3.05) is 0 Å². The zero-order chi connectivity index (χ0) is 22.9. The number of carbonyl (C=O) groups is 3. The number of ether oxygens (including phenoxy) is 2. The Kier molecular flexibility index (Phi) is 3.58. The number of furan rings is 1. The number of rotatable bonds is 1. The standard InChI is InChI=1S/C25H28O7/c1-21(2)16(26)7-9-22(3)15-6-5-14-18(13-8-10-30-12-13)31-20(28)19-25(14,32-19)23(15,4)17(27)11-24(21,22)29/h7-10,12,14-15,18-19,29H,5-6,11H2,1-4H3/t14-,15-,18-,19+,22+,23-,24-,25-/m0/s1. The number of epoxide rings is 1. The van der Waals surface area contributed by atoms with Gasteiger partial charge < -0.3 is 19.0 Å². The van der Waals surface area contributed by atoms with E-state index in [9.17, 15) is 19.5 Å². The molecule has 8 atom stereocenters. The predicted octanol–water partition coefficient (Wildman–Crippen LogP) is 2.92. The Morgan fingerprint density at radius 3 is 2.53 bits per heavy atom.